The number of nitrogens with zero attached hydrogens (tertiary/aromatic N) is 2. The average molecular weight is 226 g/mol. The topological polar surface area (TPSA) is 75.9 Å². The highest BCUT2D eigenvalue weighted by atomic mass is 16.1. The molecule has 0 N–H and O–H groups in total. The minimum absolute atomic E-state index is 0.167. The van der Waals surface area contributed by atoms with Crippen LogP contribution in [0.5, 0.6) is 0 Å². The molecule has 0 aromatic heterocycles. The quantitative estimate of drug-likeness (QED) is 0.377. The van der Waals surface area contributed by atoms with Crippen molar-refractivity contribution >= 4 is 17.9 Å². The largest absolute Gasteiger partial charge is 0.300 e. The Morgan fingerprint density at radius 3 is 1.44 bits per heavy atom. The van der Waals surface area contributed by atoms with E-state index in [0.717, 1.165) is 25.7 Å². The van der Waals surface area contributed by atoms with Gasteiger partial charge in [-0.15, -0.1) is 0 Å². The number of rotatable bonds is 7. The molecule has 5 nitrogen and oxygen atoms in total. The van der Waals surface area contributed by atoms with Gasteiger partial charge in [0.2, 0.25) is 12.2 Å². The Labute approximate surface area is 95.7 Å². The van der Waals surface area contributed by atoms with Crippen molar-refractivity contribution in [1.29, 1.82) is 0 Å². The van der Waals surface area contributed by atoms with Gasteiger partial charge in [-0.3, -0.25) is 0 Å². The van der Waals surface area contributed by atoms with E-state index in [9.17, 15) is 14.4 Å². The molecule has 0 saturated carbocycles. The molecule has 0 unspecified atom stereocenters. The number of carbonyl (C=O) groups excluding carboxylic acids is 3. The van der Waals surface area contributed by atoms with E-state index >= 15 is 0 Å². The number of Topliss-reactive ketones (excluding diaryl/α,β-unsaturated/α-hetero) is 1. The van der Waals surface area contributed by atoms with Gasteiger partial charge in [-0.05, 0) is 26.7 Å². The Hall–Kier alpha value is -1.57. The van der Waals surface area contributed by atoms with Gasteiger partial charge in [0.05, 0.1) is 13.1 Å². The van der Waals surface area contributed by atoms with E-state index in [4.69, 9.17) is 0 Å². The van der Waals surface area contributed by atoms with Gasteiger partial charge in [0, 0.05) is 0 Å². The van der Waals surface area contributed by atoms with Gasteiger partial charge in [0.15, 0.2) is 0 Å². The predicted molar refractivity (Wildman–Crippen MR) is 60.8 cm³/mol. The van der Waals surface area contributed by atoms with Crippen molar-refractivity contribution in [2.75, 3.05) is 13.1 Å². The summed E-state index contributed by atoms with van der Waals surface area (Å²) in [5.74, 6) is 0.167. The number of isocyanates is 2. The zero-order valence-electron chi connectivity index (χ0n) is 9.86. The Morgan fingerprint density at radius 2 is 1.19 bits per heavy atom. The zero-order chi connectivity index (χ0) is 12.6. The van der Waals surface area contributed by atoms with Gasteiger partial charge in [0.1, 0.15) is 5.78 Å². The van der Waals surface area contributed by atoms with E-state index in [0.29, 0.717) is 13.1 Å². The van der Waals surface area contributed by atoms with Crippen LogP contribution in [-0.4, -0.2) is 31.0 Å². The lowest BCUT2D eigenvalue weighted by Gasteiger charge is -1.93. The molecule has 0 aliphatic carbocycles. The first-order chi connectivity index (χ1) is 7.65. The second kappa shape index (κ2) is 15.9. The van der Waals surface area contributed by atoms with Crippen LogP contribution in [0.4, 0.5) is 0 Å². The number of unbranched alkanes of at least 4 members (excludes halogenated alkanes) is 3. The van der Waals surface area contributed by atoms with Crippen molar-refractivity contribution in [2.24, 2.45) is 9.98 Å². The first-order valence-corrected chi connectivity index (χ1v) is 5.19. The summed E-state index contributed by atoms with van der Waals surface area (Å²) in [5, 5.41) is 0. The van der Waals surface area contributed by atoms with Gasteiger partial charge in [-0.25, -0.2) is 19.6 Å². The molecule has 0 spiro atoms. The third-order valence-corrected chi connectivity index (χ3v) is 1.42. The van der Waals surface area contributed by atoms with E-state index in [-0.39, 0.29) is 5.78 Å². The van der Waals surface area contributed by atoms with E-state index in [2.05, 4.69) is 9.98 Å². The summed E-state index contributed by atoms with van der Waals surface area (Å²) in [6.07, 6.45) is 6.80. The second-order valence-corrected chi connectivity index (χ2v) is 3.27. The lowest BCUT2D eigenvalue weighted by Crippen LogP contribution is -1.84. The third-order valence-electron chi connectivity index (χ3n) is 1.42. The summed E-state index contributed by atoms with van der Waals surface area (Å²) in [5.41, 5.74) is 0. The molecule has 16 heavy (non-hydrogen) atoms. The summed E-state index contributed by atoms with van der Waals surface area (Å²) in [6, 6.07) is 0. The van der Waals surface area contributed by atoms with Gasteiger partial charge in [-0.2, -0.15) is 0 Å². The molecule has 0 saturated heterocycles. The van der Waals surface area contributed by atoms with E-state index in [1.807, 2.05) is 0 Å². The summed E-state index contributed by atoms with van der Waals surface area (Å²) in [7, 11) is 0. The van der Waals surface area contributed by atoms with Crippen molar-refractivity contribution in [3.05, 3.63) is 0 Å². The fourth-order valence-electron chi connectivity index (χ4n) is 0.827. The van der Waals surface area contributed by atoms with E-state index in [1.165, 1.54) is 26.0 Å². The van der Waals surface area contributed by atoms with Crippen molar-refractivity contribution in [3.8, 4) is 0 Å². The first kappa shape index (κ1) is 16.8. The molecule has 0 rings (SSSR count). The second-order valence-electron chi connectivity index (χ2n) is 3.27. The van der Waals surface area contributed by atoms with Crippen molar-refractivity contribution in [2.45, 2.75) is 39.5 Å². The molecule has 90 valence electrons. The fraction of sp³-hybridized carbons (Fsp3) is 0.727. The maximum absolute atomic E-state index is 9.63. The summed E-state index contributed by atoms with van der Waals surface area (Å²) in [6.45, 7) is 4.17. The van der Waals surface area contributed by atoms with Gasteiger partial charge in [-0.1, -0.05) is 12.8 Å². The van der Waals surface area contributed by atoms with Crippen LogP contribution < -0.4 is 0 Å². The highest BCUT2D eigenvalue weighted by molar-refractivity contribution is 5.72. The van der Waals surface area contributed by atoms with Crippen LogP contribution >= 0.6 is 0 Å². The highest BCUT2D eigenvalue weighted by Crippen LogP contribution is 1.99. The number of hydrogen-bond acceptors (Lipinski definition) is 5. The average Bonchev–Trinajstić information content (AvgIpc) is 2.21. The number of carbonyl (C=O) groups is 1. The smallest absolute Gasteiger partial charge is 0.234 e. The summed E-state index contributed by atoms with van der Waals surface area (Å²) >= 11 is 0. The van der Waals surface area contributed by atoms with Gasteiger partial charge < -0.3 is 4.79 Å². The Kier molecular flexibility index (Phi) is 16.7. The van der Waals surface area contributed by atoms with E-state index in [1.54, 1.807) is 0 Å². The van der Waals surface area contributed by atoms with Crippen molar-refractivity contribution in [3.63, 3.8) is 0 Å². The van der Waals surface area contributed by atoms with E-state index < -0.39 is 0 Å². The van der Waals surface area contributed by atoms with Crippen LogP contribution in [0.25, 0.3) is 0 Å². The lowest BCUT2D eigenvalue weighted by molar-refractivity contribution is -0.114. The zero-order valence-corrected chi connectivity index (χ0v) is 9.86. The third kappa shape index (κ3) is 29.4. The minimum Gasteiger partial charge on any atom is -0.300 e. The molecule has 0 aromatic rings. The monoisotopic (exact) mass is 226 g/mol. The number of ketones is 1. The Morgan fingerprint density at radius 1 is 0.875 bits per heavy atom. The highest BCUT2D eigenvalue weighted by Gasteiger charge is 1.87. The molecule has 0 aliphatic rings. The van der Waals surface area contributed by atoms with Crippen LogP contribution in [0.3, 0.4) is 0 Å². The molecule has 0 bridgehead atoms. The maximum atomic E-state index is 9.63. The molecule has 0 fully saturated rings. The molecular formula is C11H18N2O3. The van der Waals surface area contributed by atoms with Crippen LogP contribution in [0.2, 0.25) is 0 Å². The van der Waals surface area contributed by atoms with Crippen molar-refractivity contribution in [1.82, 2.24) is 0 Å². The minimum atomic E-state index is 0.167. The van der Waals surface area contributed by atoms with Gasteiger partial charge in [0.25, 0.3) is 0 Å². The normalized spacial score (nSPS) is 7.88. The molecular weight excluding hydrogens is 208 g/mol. The maximum Gasteiger partial charge on any atom is 0.234 e. The SMILES string of the molecule is CC(C)=O.O=C=NCCCCCCN=C=O. The molecule has 5 heteroatoms. The molecule has 0 radical (unpaired) electrons. The Balaban J connectivity index is 0. The lowest BCUT2D eigenvalue weighted by atomic mass is 10.2. The van der Waals surface area contributed by atoms with Crippen LogP contribution in [0, 0.1) is 0 Å². The molecule has 0 aliphatic heterocycles. The molecule has 0 amide bonds. The standard InChI is InChI=1S/C8H12N2O2.C3H6O/c11-7-9-5-3-1-2-4-6-10-8-12;1-3(2)4/h1-6H2;1-2H3. The first-order valence-electron chi connectivity index (χ1n) is 5.19. The number of aliphatic imine (C=N–C) groups is 2. The Bertz CT molecular complexity index is 238. The molecule has 0 aromatic carbocycles. The van der Waals surface area contributed by atoms with Crippen LogP contribution in [0.15, 0.2) is 9.98 Å². The van der Waals surface area contributed by atoms with Crippen LogP contribution in [0.1, 0.15) is 39.5 Å². The van der Waals surface area contributed by atoms with Crippen molar-refractivity contribution < 1.29 is 14.4 Å². The number of hydrogen-bond donors (Lipinski definition) is 0. The molecule has 0 atom stereocenters. The fourth-order valence-corrected chi connectivity index (χ4v) is 0.827. The predicted octanol–water partition coefficient (Wildman–Crippen LogP) is 1.81. The summed E-state index contributed by atoms with van der Waals surface area (Å²) in [4.78, 5) is 35.5. The van der Waals surface area contributed by atoms with Crippen LogP contribution in [-0.2, 0) is 14.4 Å². The molecule has 0 heterocycles. The van der Waals surface area contributed by atoms with Gasteiger partial charge >= 0.3 is 0 Å². The summed E-state index contributed by atoms with van der Waals surface area (Å²) < 4.78 is 0.